The molecule has 3 rings (SSSR count). The predicted octanol–water partition coefficient (Wildman–Crippen LogP) is 2.66. The number of morpholine rings is 1. The smallest absolute Gasteiger partial charge is 0.336 e. The van der Waals surface area contributed by atoms with E-state index in [-0.39, 0.29) is 11.5 Å². The van der Waals surface area contributed by atoms with E-state index >= 15 is 0 Å². The fourth-order valence-corrected chi connectivity index (χ4v) is 3.66. The molecule has 164 valence electrons. The maximum absolute atomic E-state index is 12.4. The van der Waals surface area contributed by atoms with Gasteiger partial charge in [-0.1, -0.05) is 13.3 Å². The average Bonchev–Trinajstić information content (AvgIpc) is 2.75. The standard InChI is InChI=1S/C23H32N2O5/c1-4-5-6-18-15-21(26)30-22-16(2)20(8-7-19(18)22)29-17(3)23(27)24-9-10-25-11-13-28-14-12-25/h7-8,15,17H,4-6,9-14H2,1-3H3,(H,24,27). The van der Waals surface area contributed by atoms with Crippen LogP contribution in [0.25, 0.3) is 11.0 Å². The molecule has 1 fully saturated rings. The van der Waals surface area contributed by atoms with Crippen molar-refractivity contribution in [2.75, 3.05) is 39.4 Å². The number of hydrogen-bond acceptors (Lipinski definition) is 6. The van der Waals surface area contributed by atoms with Gasteiger partial charge in [-0.25, -0.2) is 4.79 Å². The van der Waals surface area contributed by atoms with Crippen LogP contribution >= 0.6 is 0 Å². The van der Waals surface area contributed by atoms with Gasteiger partial charge in [0.15, 0.2) is 6.10 Å². The van der Waals surface area contributed by atoms with Gasteiger partial charge >= 0.3 is 5.63 Å². The lowest BCUT2D eigenvalue weighted by Crippen LogP contribution is -2.43. The second kappa shape index (κ2) is 10.6. The minimum atomic E-state index is -0.652. The van der Waals surface area contributed by atoms with Gasteiger partial charge in [-0.05, 0) is 44.4 Å². The van der Waals surface area contributed by atoms with Crippen molar-refractivity contribution in [2.45, 2.75) is 46.1 Å². The van der Waals surface area contributed by atoms with E-state index in [2.05, 4.69) is 17.1 Å². The van der Waals surface area contributed by atoms with Gasteiger partial charge in [-0.15, -0.1) is 0 Å². The van der Waals surface area contributed by atoms with E-state index in [1.165, 1.54) is 0 Å². The number of ether oxygens (including phenoxy) is 2. The second-order valence-corrected chi connectivity index (χ2v) is 7.76. The van der Waals surface area contributed by atoms with Crippen molar-refractivity contribution in [1.29, 1.82) is 0 Å². The van der Waals surface area contributed by atoms with E-state index in [1.54, 1.807) is 13.0 Å². The van der Waals surface area contributed by atoms with E-state index in [9.17, 15) is 9.59 Å². The Kier molecular flexibility index (Phi) is 7.87. The maximum Gasteiger partial charge on any atom is 0.336 e. The Labute approximate surface area is 177 Å². The Morgan fingerprint density at radius 2 is 2.07 bits per heavy atom. The molecule has 7 heteroatoms. The molecule has 1 amide bonds. The number of carbonyl (C=O) groups is 1. The molecule has 1 aliphatic heterocycles. The first-order valence-corrected chi connectivity index (χ1v) is 10.8. The van der Waals surface area contributed by atoms with Crippen LogP contribution in [0.2, 0.25) is 0 Å². The highest BCUT2D eigenvalue weighted by Gasteiger charge is 2.18. The zero-order chi connectivity index (χ0) is 21.5. The van der Waals surface area contributed by atoms with Crippen LogP contribution in [0, 0.1) is 6.92 Å². The molecule has 1 unspecified atom stereocenters. The Morgan fingerprint density at radius 1 is 1.30 bits per heavy atom. The largest absolute Gasteiger partial charge is 0.480 e. The third-order valence-corrected chi connectivity index (χ3v) is 5.50. The molecular weight excluding hydrogens is 384 g/mol. The minimum absolute atomic E-state index is 0.166. The van der Waals surface area contributed by atoms with E-state index in [0.29, 0.717) is 17.9 Å². The molecule has 1 aromatic carbocycles. The Morgan fingerprint density at radius 3 is 2.80 bits per heavy atom. The molecule has 0 aliphatic carbocycles. The molecule has 2 heterocycles. The van der Waals surface area contributed by atoms with Gasteiger partial charge < -0.3 is 19.2 Å². The van der Waals surface area contributed by atoms with Crippen LogP contribution in [-0.4, -0.2) is 56.3 Å². The van der Waals surface area contributed by atoms with E-state index < -0.39 is 6.10 Å². The second-order valence-electron chi connectivity index (χ2n) is 7.76. The number of nitrogens with one attached hydrogen (secondary N) is 1. The van der Waals surface area contributed by atoms with Crippen LogP contribution in [0.1, 0.15) is 37.8 Å². The molecular formula is C23H32N2O5. The number of carbonyl (C=O) groups excluding carboxylic acids is 1. The molecule has 1 aromatic heterocycles. The summed E-state index contributed by atoms with van der Waals surface area (Å²) in [6.07, 6.45) is 2.25. The lowest BCUT2D eigenvalue weighted by molar-refractivity contribution is -0.127. The van der Waals surface area contributed by atoms with Crippen molar-refractivity contribution in [2.24, 2.45) is 0 Å². The highest BCUT2D eigenvalue weighted by atomic mass is 16.5. The normalized spacial score (nSPS) is 15.8. The third kappa shape index (κ3) is 5.61. The molecule has 0 radical (unpaired) electrons. The first-order valence-electron chi connectivity index (χ1n) is 10.8. The summed E-state index contributed by atoms with van der Waals surface area (Å²) >= 11 is 0. The van der Waals surface area contributed by atoms with Gasteiger partial charge in [0.2, 0.25) is 0 Å². The maximum atomic E-state index is 12.4. The number of unbranched alkanes of at least 4 members (excludes halogenated alkanes) is 1. The molecule has 0 saturated carbocycles. The first-order chi connectivity index (χ1) is 14.5. The highest BCUT2D eigenvalue weighted by Crippen LogP contribution is 2.29. The fourth-order valence-electron chi connectivity index (χ4n) is 3.66. The summed E-state index contributed by atoms with van der Waals surface area (Å²) in [7, 11) is 0. The summed E-state index contributed by atoms with van der Waals surface area (Å²) in [6, 6.07) is 5.34. The Balaban J connectivity index is 1.65. The molecule has 0 bridgehead atoms. The third-order valence-electron chi connectivity index (χ3n) is 5.50. The van der Waals surface area contributed by atoms with Crippen LogP contribution in [0.5, 0.6) is 5.75 Å². The number of nitrogens with zero attached hydrogens (tertiary/aromatic N) is 1. The van der Waals surface area contributed by atoms with Crippen molar-refractivity contribution >= 4 is 16.9 Å². The van der Waals surface area contributed by atoms with Gasteiger partial charge in [0.1, 0.15) is 11.3 Å². The Hall–Kier alpha value is -2.38. The van der Waals surface area contributed by atoms with Crippen molar-refractivity contribution in [3.8, 4) is 5.75 Å². The van der Waals surface area contributed by atoms with E-state index in [1.807, 2.05) is 19.1 Å². The van der Waals surface area contributed by atoms with Crippen molar-refractivity contribution in [1.82, 2.24) is 10.2 Å². The monoisotopic (exact) mass is 416 g/mol. The fraction of sp³-hybridized carbons (Fsp3) is 0.565. The van der Waals surface area contributed by atoms with E-state index in [0.717, 1.165) is 68.6 Å². The quantitative estimate of drug-likeness (QED) is 0.633. The number of fused-ring (bicyclic) bond motifs is 1. The van der Waals surface area contributed by atoms with Crippen LogP contribution in [0.3, 0.4) is 0 Å². The van der Waals surface area contributed by atoms with Gasteiger partial charge in [-0.3, -0.25) is 9.69 Å². The van der Waals surface area contributed by atoms with Gasteiger partial charge in [-0.2, -0.15) is 0 Å². The molecule has 1 atom stereocenters. The van der Waals surface area contributed by atoms with Gasteiger partial charge in [0, 0.05) is 43.2 Å². The molecule has 7 nitrogen and oxygen atoms in total. The van der Waals surface area contributed by atoms with Crippen molar-refractivity contribution in [3.05, 3.63) is 39.7 Å². The van der Waals surface area contributed by atoms with Crippen LogP contribution in [0.4, 0.5) is 0 Å². The molecule has 30 heavy (non-hydrogen) atoms. The lowest BCUT2D eigenvalue weighted by Gasteiger charge is -2.26. The van der Waals surface area contributed by atoms with Crippen LogP contribution in [-0.2, 0) is 16.0 Å². The van der Waals surface area contributed by atoms with Gasteiger partial charge in [0.05, 0.1) is 13.2 Å². The van der Waals surface area contributed by atoms with Crippen molar-refractivity contribution < 1.29 is 18.7 Å². The summed E-state index contributed by atoms with van der Waals surface area (Å²) in [5.74, 6) is 0.384. The average molecular weight is 417 g/mol. The topological polar surface area (TPSA) is 81.0 Å². The first kappa shape index (κ1) is 22.3. The number of hydrogen-bond donors (Lipinski definition) is 1. The lowest BCUT2D eigenvalue weighted by atomic mass is 10.0. The zero-order valence-electron chi connectivity index (χ0n) is 18.2. The summed E-state index contributed by atoms with van der Waals surface area (Å²) in [4.78, 5) is 26.7. The van der Waals surface area contributed by atoms with Gasteiger partial charge in [0.25, 0.3) is 5.91 Å². The minimum Gasteiger partial charge on any atom is -0.480 e. The van der Waals surface area contributed by atoms with E-state index in [4.69, 9.17) is 13.9 Å². The zero-order valence-corrected chi connectivity index (χ0v) is 18.2. The molecule has 0 spiro atoms. The van der Waals surface area contributed by atoms with Crippen LogP contribution < -0.4 is 15.7 Å². The SMILES string of the molecule is CCCCc1cc(=O)oc2c(C)c(OC(C)C(=O)NCCN3CCOCC3)ccc12. The molecule has 1 saturated heterocycles. The molecule has 1 aliphatic rings. The highest BCUT2D eigenvalue weighted by molar-refractivity contribution is 5.85. The number of amides is 1. The summed E-state index contributed by atoms with van der Waals surface area (Å²) in [5.41, 5.74) is 1.90. The van der Waals surface area contributed by atoms with Crippen LogP contribution in [0.15, 0.2) is 27.4 Å². The van der Waals surface area contributed by atoms with Crippen molar-refractivity contribution in [3.63, 3.8) is 0 Å². The predicted molar refractivity (Wildman–Crippen MR) is 116 cm³/mol. The number of benzene rings is 1. The summed E-state index contributed by atoms with van der Waals surface area (Å²) in [6.45, 7) is 10.3. The summed E-state index contributed by atoms with van der Waals surface area (Å²) < 4.78 is 16.7. The molecule has 1 N–H and O–H groups in total. The summed E-state index contributed by atoms with van der Waals surface area (Å²) in [5, 5.41) is 3.85. The number of aryl methyl sites for hydroxylation is 2. The number of rotatable bonds is 9. The molecule has 2 aromatic rings. The Bertz CT molecular complexity index is 918.